The third-order valence-corrected chi connectivity index (χ3v) is 6.92. The Hall–Kier alpha value is -0.490. The number of guanidine groups is 1. The SMILES string of the molecule is CN=C(NCC1CCN(Cc2csc(C)n2)CC1)NCC(C)(C)N1CCOCC1.I. The molecule has 3 rings (SSSR count). The number of aliphatic imine (C=N–C) groups is 1. The van der Waals surface area contributed by atoms with Gasteiger partial charge in [0.25, 0.3) is 0 Å². The molecule has 2 N–H and O–H groups in total. The number of likely N-dealkylation sites (tertiary alicyclic amines) is 1. The van der Waals surface area contributed by atoms with Crippen LogP contribution < -0.4 is 10.6 Å². The number of nitrogens with zero attached hydrogens (tertiary/aromatic N) is 4. The van der Waals surface area contributed by atoms with Crippen LogP contribution in [0.1, 0.15) is 37.4 Å². The van der Waals surface area contributed by atoms with E-state index in [-0.39, 0.29) is 29.5 Å². The fraction of sp³-hybridized carbons (Fsp3) is 0.810. The zero-order valence-electron chi connectivity index (χ0n) is 18.9. The molecule has 0 aromatic carbocycles. The second-order valence-electron chi connectivity index (χ2n) is 8.80. The maximum atomic E-state index is 5.48. The third kappa shape index (κ3) is 7.89. The molecule has 2 aliphatic heterocycles. The van der Waals surface area contributed by atoms with Crippen molar-refractivity contribution in [2.24, 2.45) is 10.9 Å². The number of halogens is 1. The van der Waals surface area contributed by atoms with Gasteiger partial charge in [0.05, 0.1) is 23.9 Å². The minimum atomic E-state index is 0. The van der Waals surface area contributed by atoms with Crippen LogP contribution in [0.4, 0.5) is 0 Å². The van der Waals surface area contributed by atoms with Crippen LogP contribution in [0.3, 0.4) is 0 Å². The molecule has 0 aliphatic carbocycles. The van der Waals surface area contributed by atoms with Crippen molar-refractivity contribution in [2.45, 2.75) is 45.7 Å². The molecule has 7 nitrogen and oxygen atoms in total. The summed E-state index contributed by atoms with van der Waals surface area (Å²) in [4.78, 5) is 14.1. The van der Waals surface area contributed by atoms with Crippen molar-refractivity contribution in [2.75, 3.05) is 59.5 Å². The molecular formula is C21H39IN6OS. The lowest BCUT2D eigenvalue weighted by atomic mass is 9.97. The average Bonchev–Trinajstić information content (AvgIpc) is 3.14. The summed E-state index contributed by atoms with van der Waals surface area (Å²) < 4.78 is 5.48. The maximum absolute atomic E-state index is 5.48. The molecule has 2 fully saturated rings. The molecule has 3 heterocycles. The second kappa shape index (κ2) is 12.5. The molecule has 0 saturated carbocycles. The van der Waals surface area contributed by atoms with Crippen LogP contribution in [-0.4, -0.2) is 85.8 Å². The lowest BCUT2D eigenvalue weighted by molar-refractivity contribution is -0.00834. The topological polar surface area (TPSA) is 65.0 Å². The predicted molar refractivity (Wildman–Crippen MR) is 136 cm³/mol. The number of ether oxygens (including phenoxy) is 1. The van der Waals surface area contributed by atoms with Crippen LogP contribution in [0.5, 0.6) is 0 Å². The number of hydrogen-bond donors (Lipinski definition) is 2. The van der Waals surface area contributed by atoms with E-state index >= 15 is 0 Å². The van der Waals surface area contributed by atoms with Crippen LogP contribution in [0.25, 0.3) is 0 Å². The fourth-order valence-electron chi connectivity index (χ4n) is 4.10. The van der Waals surface area contributed by atoms with Crippen molar-refractivity contribution in [3.05, 3.63) is 16.1 Å². The van der Waals surface area contributed by atoms with Gasteiger partial charge in [0.15, 0.2) is 5.96 Å². The van der Waals surface area contributed by atoms with Crippen LogP contribution in [0.15, 0.2) is 10.4 Å². The van der Waals surface area contributed by atoms with E-state index in [9.17, 15) is 0 Å². The first-order valence-electron chi connectivity index (χ1n) is 10.9. The number of nitrogens with one attached hydrogen (secondary N) is 2. The summed E-state index contributed by atoms with van der Waals surface area (Å²) in [6.07, 6.45) is 2.46. The van der Waals surface area contributed by atoms with Gasteiger partial charge in [-0.05, 0) is 52.6 Å². The Kier molecular flexibility index (Phi) is 10.8. The van der Waals surface area contributed by atoms with Crippen molar-refractivity contribution < 1.29 is 4.74 Å². The number of aromatic nitrogens is 1. The van der Waals surface area contributed by atoms with E-state index in [2.05, 4.69) is 56.6 Å². The molecule has 9 heteroatoms. The molecular weight excluding hydrogens is 511 g/mol. The van der Waals surface area contributed by atoms with E-state index in [4.69, 9.17) is 4.74 Å². The molecule has 0 spiro atoms. The molecule has 0 amide bonds. The third-order valence-electron chi connectivity index (χ3n) is 6.10. The van der Waals surface area contributed by atoms with E-state index in [0.29, 0.717) is 5.92 Å². The van der Waals surface area contributed by atoms with Gasteiger partial charge in [-0.3, -0.25) is 14.8 Å². The zero-order chi connectivity index (χ0) is 20.7. The largest absolute Gasteiger partial charge is 0.379 e. The fourth-order valence-corrected chi connectivity index (χ4v) is 4.70. The van der Waals surface area contributed by atoms with Gasteiger partial charge in [-0.25, -0.2) is 4.98 Å². The number of hydrogen-bond acceptors (Lipinski definition) is 6. The highest BCUT2D eigenvalue weighted by molar-refractivity contribution is 14.0. The molecule has 172 valence electrons. The molecule has 2 saturated heterocycles. The molecule has 2 aliphatic rings. The molecule has 30 heavy (non-hydrogen) atoms. The first kappa shape index (κ1) is 25.8. The quantitative estimate of drug-likeness (QED) is 0.309. The smallest absolute Gasteiger partial charge is 0.191 e. The first-order valence-corrected chi connectivity index (χ1v) is 11.7. The number of morpholine rings is 1. The van der Waals surface area contributed by atoms with Gasteiger partial charge in [-0.15, -0.1) is 35.3 Å². The summed E-state index contributed by atoms with van der Waals surface area (Å²) in [5.74, 6) is 1.61. The van der Waals surface area contributed by atoms with Crippen molar-refractivity contribution >= 4 is 41.3 Å². The van der Waals surface area contributed by atoms with Gasteiger partial charge in [-0.2, -0.15) is 0 Å². The molecule has 0 unspecified atom stereocenters. The summed E-state index contributed by atoms with van der Waals surface area (Å²) >= 11 is 1.75. The van der Waals surface area contributed by atoms with E-state index in [1.165, 1.54) is 18.5 Å². The Bertz CT molecular complexity index is 654. The van der Waals surface area contributed by atoms with Gasteiger partial charge in [0, 0.05) is 50.7 Å². The van der Waals surface area contributed by atoms with Crippen LogP contribution in [-0.2, 0) is 11.3 Å². The monoisotopic (exact) mass is 550 g/mol. The van der Waals surface area contributed by atoms with Crippen molar-refractivity contribution in [3.8, 4) is 0 Å². The zero-order valence-corrected chi connectivity index (χ0v) is 22.1. The number of thiazole rings is 1. The van der Waals surface area contributed by atoms with E-state index in [1.807, 2.05) is 7.05 Å². The number of rotatable bonds is 7. The van der Waals surface area contributed by atoms with Gasteiger partial charge in [0.1, 0.15) is 0 Å². The molecule has 1 aromatic rings. The lowest BCUT2D eigenvalue weighted by Crippen LogP contribution is -2.56. The number of aryl methyl sites for hydroxylation is 1. The van der Waals surface area contributed by atoms with Crippen LogP contribution >= 0.6 is 35.3 Å². The van der Waals surface area contributed by atoms with Gasteiger partial charge in [-0.1, -0.05) is 0 Å². The van der Waals surface area contributed by atoms with Crippen LogP contribution in [0, 0.1) is 12.8 Å². The van der Waals surface area contributed by atoms with Crippen molar-refractivity contribution in [1.29, 1.82) is 0 Å². The van der Waals surface area contributed by atoms with Crippen molar-refractivity contribution in [3.63, 3.8) is 0 Å². The molecule has 1 aromatic heterocycles. The van der Waals surface area contributed by atoms with Gasteiger partial charge < -0.3 is 15.4 Å². The Morgan fingerprint density at radius 3 is 2.53 bits per heavy atom. The Balaban J connectivity index is 0.00000320. The summed E-state index contributed by atoms with van der Waals surface area (Å²) in [7, 11) is 1.86. The Morgan fingerprint density at radius 1 is 1.23 bits per heavy atom. The van der Waals surface area contributed by atoms with Crippen LogP contribution in [0.2, 0.25) is 0 Å². The highest BCUT2D eigenvalue weighted by Gasteiger charge is 2.28. The Labute approximate surface area is 203 Å². The normalized spacial score (nSPS) is 20.1. The minimum absolute atomic E-state index is 0. The Morgan fingerprint density at radius 2 is 1.93 bits per heavy atom. The summed E-state index contributed by atoms with van der Waals surface area (Å²) in [6, 6.07) is 0. The van der Waals surface area contributed by atoms with Crippen molar-refractivity contribution in [1.82, 2.24) is 25.4 Å². The highest BCUT2D eigenvalue weighted by Crippen LogP contribution is 2.19. The van der Waals surface area contributed by atoms with Gasteiger partial charge >= 0.3 is 0 Å². The summed E-state index contributed by atoms with van der Waals surface area (Å²) in [5.41, 5.74) is 1.30. The summed E-state index contributed by atoms with van der Waals surface area (Å²) in [6.45, 7) is 15.5. The minimum Gasteiger partial charge on any atom is -0.379 e. The molecule has 0 bridgehead atoms. The second-order valence-corrected chi connectivity index (χ2v) is 9.86. The highest BCUT2D eigenvalue weighted by atomic mass is 127. The van der Waals surface area contributed by atoms with E-state index < -0.39 is 0 Å². The van der Waals surface area contributed by atoms with E-state index in [0.717, 1.165) is 70.0 Å². The first-order chi connectivity index (χ1) is 14.0. The van der Waals surface area contributed by atoms with Gasteiger partial charge in [0.2, 0.25) is 0 Å². The number of piperidine rings is 1. The van der Waals surface area contributed by atoms with E-state index in [1.54, 1.807) is 11.3 Å². The predicted octanol–water partition coefficient (Wildman–Crippen LogP) is 2.56. The molecule has 0 atom stereocenters. The molecule has 0 radical (unpaired) electrons. The average molecular weight is 551 g/mol. The lowest BCUT2D eigenvalue weighted by Gasteiger charge is -2.41. The summed E-state index contributed by atoms with van der Waals surface area (Å²) in [5, 5.41) is 10.4. The maximum Gasteiger partial charge on any atom is 0.191 e. The standard InChI is InChI=1S/C21H38N6OS.HI/c1-17-25-19(15-29-17)14-26-7-5-18(6-8-26)13-23-20(22-4)24-16-21(2,3)27-9-11-28-12-10-27;/h15,18H,5-14,16H2,1-4H3,(H2,22,23,24);1H.